The summed E-state index contributed by atoms with van der Waals surface area (Å²) in [5, 5.41) is 0.756. The summed E-state index contributed by atoms with van der Waals surface area (Å²) in [6.45, 7) is 9.11. The van der Waals surface area contributed by atoms with Crippen LogP contribution in [0, 0.1) is 10.8 Å². The highest BCUT2D eigenvalue weighted by atomic mass is 16.5. The molecule has 0 aliphatic rings. The molecular formula is C19H24O5. The van der Waals surface area contributed by atoms with Crippen molar-refractivity contribution >= 4 is 22.7 Å². The number of fused-ring (bicyclic) bond motifs is 1. The van der Waals surface area contributed by atoms with E-state index in [0.29, 0.717) is 11.3 Å². The number of methoxy groups -OCH3 is 1. The van der Waals surface area contributed by atoms with Crippen molar-refractivity contribution in [3.63, 3.8) is 0 Å². The third kappa shape index (κ3) is 3.78. The first-order valence-corrected chi connectivity index (χ1v) is 7.84. The van der Waals surface area contributed by atoms with Crippen LogP contribution in [-0.4, -0.2) is 25.5 Å². The highest BCUT2D eigenvalue weighted by molar-refractivity contribution is 5.93. The second-order valence-electron chi connectivity index (χ2n) is 7.55. The molecule has 130 valence electrons. The second-order valence-corrected chi connectivity index (χ2v) is 7.55. The zero-order valence-corrected chi connectivity index (χ0v) is 15.1. The van der Waals surface area contributed by atoms with Crippen molar-refractivity contribution in [1.82, 2.24) is 0 Å². The molecule has 24 heavy (non-hydrogen) atoms. The molecule has 2 aromatic rings. The number of hydrogen-bond donors (Lipinski definition) is 0. The summed E-state index contributed by atoms with van der Waals surface area (Å²) < 4.78 is 16.0. The molecule has 0 saturated heterocycles. The minimum absolute atomic E-state index is 0.00228. The smallest absolute Gasteiger partial charge is 0.374 e. The lowest BCUT2D eigenvalue weighted by Crippen LogP contribution is -2.38. The Bertz CT molecular complexity index is 762. The molecular weight excluding hydrogens is 308 g/mol. The Hall–Kier alpha value is -2.30. The number of ketones is 1. The average Bonchev–Trinajstić information content (AvgIpc) is 2.93. The van der Waals surface area contributed by atoms with Gasteiger partial charge in [-0.05, 0) is 38.1 Å². The van der Waals surface area contributed by atoms with E-state index in [1.54, 1.807) is 45.2 Å². The van der Waals surface area contributed by atoms with Gasteiger partial charge < -0.3 is 13.9 Å². The van der Waals surface area contributed by atoms with E-state index >= 15 is 0 Å². The first kappa shape index (κ1) is 18.0. The van der Waals surface area contributed by atoms with Crippen molar-refractivity contribution in [2.24, 2.45) is 10.8 Å². The van der Waals surface area contributed by atoms with Gasteiger partial charge in [0.15, 0.2) is 0 Å². The van der Waals surface area contributed by atoms with Gasteiger partial charge in [0.25, 0.3) is 0 Å². The lowest BCUT2D eigenvalue weighted by atomic mass is 9.75. The zero-order chi connectivity index (χ0) is 18.1. The minimum atomic E-state index is -0.761. The molecule has 2 rings (SSSR count). The molecule has 0 saturated carbocycles. The van der Waals surface area contributed by atoms with Gasteiger partial charge >= 0.3 is 5.97 Å². The molecule has 0 aliphatic heterocycles. The zero-order valence-electron chi connectivity index (χ0n) is 15.1. The molecule has 0 N–H and O–H groups in total. The van der Waals surface area contributed by atoms with Gasteiger partial charge in [0.1, 0.15) is 23.7 Å². The summed E-state index contributed by atoms with van der Waals surface area (Å²) >= 11 is 0. The molecule has 1 aromatic carbocycles. The van der Waals surface area contributed by atoms with E-state index in [1.165, 1.54) is 0 Å². The molecule has 0 unspecified atom stereocenters. The van der Waals surface area contributed by atoms with Gasteiger partial charge in [-0.25, -0.2) is 4.79 Å². The Morgan fingerprint density at radius 3 is 2.33 bits per heavy atom. The van der Waals surface area contributed by atoms with Crippen LogP contribution in [0.1, 0.15) is 45.2 Å². The summed E-state index contributed by atoms with van der Waals surface area (Å²) in [7, 11) is 1.57. The molecule has 0 aliphatic carbocycles. The first-order valence-electron chi connectivity index (χ1n) is 7.84. The van der Waals surface area contributed by atoms with Crippen molar-refractivity contribution in [1.29, 1.82) is 0 Å². The van der Waals surface area contributed by atoms with Crippen molar-refractivity contribution in [2.75, 3.05) is 13.7 Å². The molecule has 0 fully saturated rings. The Morgan fingerprint density at radius 1 is 1.08 bits per heavy atom. The molecule has 0 radical (unpaired) electrons. The van der Waals surface area contributed by atoms with Gasteiger partial charge in [0.2, 0.25) is 5.76 Å². The summed E-state index contributed by atoms with van der Waals surface area (Å²) in [5.74, 6) is 0.245. The van der Waals surface area contributed by atoms with Gasteiger partial charge in [-0.15, -0.1) is 0 Å². The maximum Gasteiger partial charge on any atom is 0.374 e. The third-order valence-electron chi connectivity index (χ3n) is 3.78. The van der Waals surface area contributed by atoms with E-state index < -0.39 is 16.8 Å². The summed E-state index contributed by atoms with van der Waals surface area (Å²) in [6, 6.07) is 6.88. The van der Waals surface area contributed by atoms with Crippen LogP contribution in [0.2, 0.25) is 0 Å². The predicted octanol–water partition coefficient (Wildman–Crippen LogP) is 4.24. The molecule has 1 heterocycles. The van der Waals surface area contributed by atoms with Crippen LogP contribution in [0.25, 0.3) is 11.0 Å². The van der Waals surface area contributed by atoms with E-state index in [4.69, 9.17) is 13.9 Å². The van der Waals surface area contributed by atoms with Gasteiger partial charge in [0, 0.05) is 10.8 Å². The number of Topliss-reactive ketones (excluding diaryl/α,β-unsaturated/α-hetero) is 1. The fraction of sp³-hybridized carbons (Fsp3) is 0.474. The van der Waals surface area contributed by atoms with E-state index in [-0.39, 0.29) is 18.2 Å². The lowest BCUT2D eigenvalue weighted by Gasteiger charge is -2.30. The Balaban J connectivity index is 2.11. The highest BCUT2D eigenvalue weighted by Gasteiger charge is 2.37. The molecule has 5 nitrogen and oxygen atoms in total. The topological polar surface area (TPSA) is 65.7 Å². The fourth-order valence-electron chi connectivity index (χ4n) is 2.65. The number of furan rings is 1. The van der Waals surface area contributed by atoms with Crippen molar-refractivity contribution < 1.29 is 23.5 Å². The van der Waals surface area contributed by atoms with Crippen LogP contribution in [0.4, 0.5) is 0 Å². The standard InChI is InChI=1S/C19H24O5/c1-18(2,3)17(21)19(4,5)11-23-16(20)15-10-12-9-13(22-6)7-8-14(12)24-15/h7-10H,11H2,1-6H3. The van der Waals surface area contributed by atoms with Crippen LogP contribution in [0.5, 0.6) is 5.75 Å². The summed E-state index contributed by atoms with van der Waals surface area (Å²) in [6.07, 6.45) is 0. The fourth-order valence-corrected chi connectivity index (χ4v) is 2.65. The van der Waals surface area contributed by atoms with E-state index in [1.807, 2.05) is 20.8 Å². The number of esters is 1. The molecule has 0 bridgehead atoms. The number of carbonyl (C=O) groups excluding carboxylic acids is 2. The number of ether oxygens (including phenoxy) is 2. The van der Waals surface area contributed by atoms with Crippen LogP contribution in [0.15, 0.2) is 28.7 Å². The van der Waals surface area contributed by atoms with Gasteiger partial charge in [-0.3, -0.25) is 4.79 Å². The monoisotopic (exact) mass is 332 g/mol. The number of carbonyl (C=O) groups is 2. The Kier molecular flexibility index (Phi) is 4.74. The Labute approximate surface area is 141 Å². The van der Waals surface area contributed by atoms with Gasteiger partial charge in [-0.2, -0.15) is 0 Å². The first-order chi connectivity index (χ1) is 11.0. The summed E-state index contributed by atoms with van der Waals surface area (Å²) in [5.41, 5.74) is -0.678. The summed E-state index contributed by atoms with van der Waals surface area (Å²) in [4.78, 5) is 24.6. The SMILES string of the molecule is COc1ccc2oc(C(=O)OCC(C)(C)C(=O)C(C)(C)C)cc2c1. The van der Waals surface area contributed by atoms with Crippen molar-refractivity contribution in [3.8, 4) is 5.75 Å². The maximum atomic E-state index is 12.4. The molecule has 5 heteroatoms. The number of hydrogen-bond acceptors (Lipinski definition) is 5. The van der Waals surface area contributed by atoms with E-state index in [0.717, 1.165) is 5.39 Å². The van der Waals surface area contributed by atoms with Gasteiger partial charge in [0.05, 0.1) is 12.5 Å². The van der Waals surface area contributed by atoms with E-state index in [9.17, 15) is 9.59 Å². The highest BCUT2D eigenvalue weighted by Crippen LogP contribution is 2.30. The normalized spacial score (nSPS) is 12.2. The molecule has 0 atom stereocenters. The maximum absolute atomic E-state index is 12.4. The molecule has 1 aromatic heterocycles. The van der Waals surface area contributed by atoms with Gasteiger partial charge in [-0.1, -0.05) is 20.8 Å². The quantitative estimate of drug-likeness (QED) is 0.766. The van der Waals surface area contributed by atoms with Crippen LogP contribution < -0.4 is 4.74 Å². The molecule has 0 amide bonds. The van der Waals surface area contributed by atoms with Crippen LogP contribution in [-0.2, 0) is 9.53 Å². The minimum Gasteiger partial charge on any atom is -0.497 e. The second kappa shape index (κ2) is 6.30. The predicted molar refractivity (Wildman–Crippen MR) is 91.3 cm³/mol. The number of benzene rings is 1. The molecule has 0 spiro atoms. The largest absolute Gasteiger partial charge is 0.497 e. The van der Waals surface area contributed by atoms with Crippen LogP contribution in [0.3, 0.4) is 0 Å². The number of rotatable bonds is 5. The van der Waals surface area contributed by atoms with Crippen LogP contribution >= 0.6 is 0 Å². The van der Waals surface area contributed by atoms with E-state index in [2.05, 4.69) is 0 Å². The Morgan fingerprint density at radius 2 is 1.75 bits per heavy atom. The third-order valence-corrected chi connectivity index (χ3v) is 3.78. The lowest BCUT2D eigenvalue weighted by molar-refractivity contribution is -0.137. The van der Waals surface area contributed by atoms with Crippen molar-refractivity contribution in [2.45, 2.75) is 34.6 Å². The van der Waals surface area contributed by atoms with Crippen molar-refractivity contribution in [3.05, 3.63) is 30.0 Å². The average molecular weight is 332 g/mol.